The summed E-state index contributed by atoms with van der Waals surface area (Å²) in [6.45, 7) is 4.55. The zero-order valence-corrected chi connectivity index (χ0v) is 13.0. The van der Waals surface area contributed by atoms with Crippen LogP contribution in [0.3, 0.4) is 0 Å². The van der Waals surface area contributed by atoms with Crippen LogP contribution in [-0.4, -0.2) is 13.2 Å². The highest BCUT2D eigenvalue weighted by atomic mass is 35.5. The first-order chi connectivity index (χ1) is 10.3. The molecule has 1 aliphatic rings. The summed E-state index contributed by atoms with van der Waals surface area (Å²) in [6, 6.07) is 14.4. The van der Waals surface area contributed by atoms with Gasteiger partial charge in [-0.05, 0) is 42.3 Å². The van der Waals surface area contributed by atoms with Crippen molar-refractivity contribution in [2.45, 2.75) is 25.8 Å². The highest BCUT2D eigenvalue weighted by Crippen LogP contribution is 2.35. The van der Waals surface area contributed by atoms with Gasteiger partial charge in [-0.15, -0.1) is 0 Å². The van der Waals surface area contributed by atoms with Gasteiger partial charge in [0.1, 0.15) is 5.75 Å². The molecule has 3 heteroatoms. The minimum atomic E-state index is 0.517. The molecular formula is C18H20ClNO. The van der Waals surface area contributed by atoms with Gasteiger partial charge in [-0.2, -0.15) is 0 Å². The lowest BCUT2D eigenvalue weighted by atomic mass is 9.78. The smallest absolute Gasteiger partial charge is 0.123 e. The maximum atomic E-state index is 6.08. The third-order valence-corrected chi connectivity index (χ3v) is 4.22. The Balaban J connectivity index is 1.66. The summed E-state index contributed by atoms with van der Waals surface area (Å²) >= 11 is 6.08. The Morgan fingerprint density at radius 1 is 1.24 bits per heavy atom. The Morgan fingerprint density at radius 3 is 2.90 bits per heavy atom. The van der Waals surface area contributed by atoms with E-state index in [0.29, 0.717) is 5.92 Å². The van der Waals surface area contributed by atoms with Crippen LogP contribution in [0.1, 0.15) is 29.5 Å². The summed E-state index contributed by atoms with van der Waals surface area (Å²) < 4.78 is 6.05. The van der Waals surface area contributed by atoms with Crippen molar-refractivity contribution in [3.63, 3.8) is 0 Å². The molecule has 0 heterocycles. The molecule has 21 heavy (non-hydrogen) atoms. The Morgan fingerprint density at radius 2 is 2.10 bits per heavy atom. The van der Waals surface area contributed by atoms with Crippen LogP contribution in [0.2, 0.25) is 5.02 Å². The SMILES string of the molecule is CCNCc1cc(Cl)ccc1OCC1Cc2ccccc21. The number of ether oxygens (including phenoxy) is 1. The number of rotatable bonds is 6. The van der Waals surface area contributed by atoms with Gasteiger partial charge in [0.15, 0.2) is 0 Å². The minimum absolute atomic E-state index is 0.517. The molecule has 0 saturated heterocycles. The predicted molar refractivity (Wildman–Crippen MR) is 87.2 cm³/mol. The fourth-order valence-electron chi connectivity index (χ4n) is 2.79. The van der Waals surface area contributed by atoms with Crippen LogP contribution in [-0.2, 0) is 13.0 Å². The van der Waals surface area contributed by atoms with Crippen molar-refractivity contribution in [1.82, 2.24) is 5.32 Å². The molecule has 0 fully saturated rings. The largest absolute Gasteiger partial charge is 0.493 e. The second kappa shape index (κ2) is 6.50. The minimum Gasteiger partial charge on any atom is -0.493 e. The van der Waals surface area contributed by atoms with E-state index in [-0.39, 0.29) is 0 Å². The number of fused-ring (bicyclic) bond motifs is 1. The van der Waals surface area contributed by atoms with Crippen LogP contribution < -0.4 is 10.1 Å². The fraction of sp³-hybridized carbons (Fsp3) is 0.333. The van der Waals surface area contributed by atoms with Gasteiger partial charge in [0.2, 0.25) is 0 Å². The molecule has 0 aliphatic heterocycles. The molecule has 1 N–H and O–H groups in total. The summed E-state index contributed by atoms with van der Waals surface area (Å²) in [6.07, 6.45) is 1.12. The van der Waals surface area contributed by atoms with E-state index in [1.165, 1.54) is 11.1 Å². The lowest BCUT2D eigenvalue weighted by Gasteiger charge is -2.30. The Labute approximate surface area is 131 Å². The predicted octanol–water partition coefficient (Wildman–Crippen LogP) is 4.17. The third-order valence-electron chi connectivity index (χ3n) is 3.99. The third kappa shape index (κ3) is 3.22. The molecule has 0 saturated carbocycles. The van der Waals surface area contributed by atoms with Gasteiger partial charge in [0.25, 0.3) is 0 Å². The normalized spacial score (nSPS) is 16.2. The van der Waals surface area contributed by atoms with Gasteiger partial charge in [-0.1, -0.05) is 42.8 Å². The average Bonchev–Trinajstić information content (AvgIpc) is 2.47. The highest BCUT2D eigenvalue weighted by molar-refractivity contribution is 6.30. The molecule has 2 aromatic carbocycles. The number of hydrogen-bond donors (Lipinski definition) is 1. The van der Waals surface area contributed by atoms with Gasteiger partial charge in [-0.25, -0.2) is 0 Å². The molecule has 2 aromatic rings. The van der Waals surface area contributed by atoms with Crippen LogP contribution in [0.5, 0.6) is 5.75 Å². The zero-order valence-electron chi connectivity index (χ0n) is 12.2. The van der Waals surface area contributed by atoms with E-state index in [4.69, 9.17) is 16.3 Å². The van der Waals surface area contributed by atoms with E-state index in [2.05, 4.69) is 36.5 Å². The average molecular weight is 302 g/mol. The first-order valence-electron chi connectivity index (χ1n) is 7.47. The zero-order chi connectivity index (χ0) is 14.7. The molecular weight excluding hydrogens is 282 g/mol. The summed E-state index contributed by atoms with van der Waals surface area (Å²) in [4.78, 5) is 0. The standard InChI is InChI=1S/C18H20ClNO/c1-2-20-11-14-10-16(19)7-8-18(14)21-12-15-9-13-5-3-4-6-17(13)15/h3-8,10,15,20H,2,9,11-12H2,1H3. The van der Waals surface area contributed by atoms with E-state index in [0.717, 1.165) is 42.5 Å². The van der Waals surface area contributed by atoms with Crippen molar-refractivity contribution in [3.05, 3.63) is 64.2 Å². The summed E-state index contributed by atoms with van der Waals surface area (Å²) in [5.74, 6) is 1.45. The maximum absolute atomic E-state index is 6.08. The first-order valence-corrected chi connectivity index (χ1v) is 7.85. The molecule has 0 amide bonds. The van der Waals surface area contributed by atoms with Crippen LogP contribution in [0, 0.1) is 0 Å². The summed E-state index contributed by atoms with van der Waals surface area (Å²) in [5, 5.41) is 4.08. The van der Waals surface area contributed by atoms with Crippen molar-refractivity contribution in [3.8, 4) is 5.75 Å². The second-order valence-corrected chi connectivity index (χ2v) is 5.88. The molecule has 110 valence electrons. The van der Waals surface area contributed by atoms with Gasteiger partial charge in [0, 0.05) is 23.0 Å². The lowest BCUT2D eigenvalue weighted by Crippen LogP contribution is -2.23. The lowest BCUT2D eigenvalue weighted by molar-refractivity contribution is 0.272. The number of hydrogen-bond acceptors (Lipinski definition) is 2. The van der Waals surface area contributed by atoms with Gasteiger partial charge in [-0.3, -0.25) is 0 Å². The Kier molecular flexibility index (Phi) is 4.47. The molecule has 1 atom stereocenters. The summed E-state index contributed by atoms with van der Waals surface area (Å²) in [5.41, 5.74) is 4.01. The molecule has 0 radical (unpaired) electrons. The van der Waals surface area contributed by atoms with Crippen molar-refractivity contribution in [2.24, 2.45) is 0 Å². The monoisotopic (exact) mass is 301 g/mol. The van der Waals surface area contributed by atoms with Crippen LogP contribution in [0.25, 0.3) is 0 Å². The molecule has 0 spiro atoms. The van der Waals surface area contributed by atoms with E-state index in [9.17, 15) is 0 Å². The Bertz CT molecular complexity index is 626. The Hall–Kier alpha value is -1.51. The number of benzene rings is 2. The molecule has 1 unspecified atom stereocenters. The van der Waals surface area contributed by atoms with E-state index in [1.54, 1.807) is 0 Å². The van der Waals surface area contributed by atoms with Crippen molar-refractivity contribution >= 4 is 11.6 Å². The highest BCUT2D eigenvalue weighted by Gasteiger charge is 2.26. The van der Waals surface area contributed by atoms with Crippen molar-refractivity contribution in [1.29, 1.82) is 0 Å². The van der Waals surface area contributed by atoms with E-state index >= 15 is 0 Å². The van der Waals surface area contributed by atoms with Crippen molar-refractivity contribution in [2.75, 3.05) is 13.2 Å². The second-order valence-electron chi connectivity index (χ2n) is 5.44. The van der Waals surface area contributed by atoms with Gasteiger partial charge in [0.05, 0.1) is 6.61 Å². The number of halogens is 1. The van der Waals surface area contributed by atoms with Crippen LogP contribution >= 0.6 is 11.6 Å². The van der Waals surface area contributed by atoms with Gasteiger partial charge < -0.3 is 10.1 Å². The first kappa shape index (κ1) is 14.4. The van der Waals surface area contributed by atoms with Crippen LogP contribution in [0.15, 0.2) is 42.5 Å². The molecule has 1 aliphatic carbocycles. The molecule has 0 aromatic heterocycles. The topological polar surface area (TPSA) is 21.3 Å². The molecule has 3 rings (SSSR count). The summed E-state index contributed by atoms with van der Waals surface area (Å²) in [7, 11) is 0. The van der Waals surface area contributed by atoms with Crippen LogP contribution in [0.4, 0.5) is 0 Å². The molecule has 0 bridgehead atoms. The van der Waals surface area contributed by atoms with Crippen molar-refractivity contribution < 1.29 is 4.74 Å². The maximum Gasteiger partial charge on any atom is 0.123 e. The quantitative estimate of drug-likeness (QED) is 0.864. The van der Waals surface area contributed by atoms with E-state index in [1.807, 2.05) is 18.2 Å². The van der Waals surface area contributed by atoms with E-state index < -0.39 is 0 Å². The van der Waals surface area contributed by atoms with Gasteiger partial charge >= 0.3 is 0 Å². The molecule has 2 nitrogen and oxygen atoms in total. The fourth-order valence-corrected chi connectivity index (χ4v) is 2.98. The number of nitrogens with one attached hydrogen (secondary N) is 1.